The van der Waals surface area contributed by atoms with Gasteiger partial charge < -0.3 is 9.84 Å². The third kappa shape index (κ3) is 5.05. The predicted octanol–water partition coefficient (Wildman–Crippen LogP) is 3.53. The molecule has 0 saturated heterocycles. The number of halogens is 1. The Labute approximate surface area is 137 Å². The maximum Gasteiger partial charge on any atom is 0.131 e. The highest BCUT2D eigenvalue weighted by Crippen LogP contribution is 2.23. The molecule has 0 saturated carbocycles. The number of aryl methyl sites for hydroxylation is 1. The van der Waals surface area contributed by atoms with Gasteiger partial charge in [-0.15, -0.1) is 0 Å². The monoisotopic (exact) mass is 317 g/mol. The molecule has 1 N–H and O–H groups in total. The molecule has 0 amide bonds. The minimum Gasteiger partial charge on any atom is -0.496 e. The molecule has 124 valence electrons. The van der Waals surface area contributed by atoms with Crippen molar-refractivity contribution in [3.8, 4) is 5.75 Å². The third-order valence-corrected chi connectivity index (χ3v) is 3.84. The summed E-state index contributed by atoms with van der Waals surface area (Å²) in [5, 5.41) is 9.11. The van der Waals surface area contributed by atoms with Gasteiger partial charge in [-0.25, -0.2) is 4.39 Å². The average molecular weight is 317 g/mol. The van der Waals surface area contributed by atoms with Crippen molar-refractivity contribution < 1.29 is 14.2 Å². The Bertz CT molecular complexity index is 613. The molecule has 0 aliphatic rings. The summed E-state index contributed by atoms with van der Waals surface area (Å²) in [6.07, 6.45) is 0.655. The largest absolute Gasteiger partial charge is 0.496 e. The van der Waals surface area contributed by atoms with Crippen molar-refractivity contribution in [2.24, 2.45) is 0 Å². The Kier molecular flexibility index (Phi) is 6.56. The second-order valence-electron chi connectivity index (χ2n) is 5.69. The average Bonchev–Trinajstić information content (AvgIpc) is 2.56. The summed E-state index contributed by atoms with van der Waals surface area (Å²) in [7, 11) is 1.55. The smallest absolute Gasteiger partial charge is 0.131 e. The zero-order chi connectivity index (χ0) is 16.7. The molecule has 0 bridgehead atoms. The van der Waals surface area contributed by atoms with Gasteiger partial charge in [-0.2, -0.15) is 0 Å². The summed E-state index contributed by atoms with van der Waals surface area (Å²) in [5.41, 5.74) is 2.94. The Hall–Kier alpha value is -1.91. The predicted molar refractivity (Wildman–Crippen MR) is 89.9 cm³/mol. The first kappa shape index (κ1) is 17.4. The van der Waals surface area contributed by atoms with Gasteiger partial charge >= 0.3 is 0 Å². The van der Waals surface area contributed by atoms with Crippen molar-refractivity contribution in [2.45, 2.75) is 26.4 Å². The minimum absolute atomic E-state index is 0.124. The lowest BCUT2D eigenvalue weighted by molar-refractivity contribution is 0.209. The van der Waals surface area contributed by atoms with Crippen molar-refractivity contribution in [1.29, 1.82) is 0 Å². The highest BCUT2D eigenvalue weighted by molar-refractivity contribution is 5.34. The summed E-state index contributed by atoms with van der Waals surface area (Å²) < 4.78 is 19.4. The highest BCUT2D eigenvalue weighted by atomic mass is 19.1. The number of aliphatic hydroxyl groups excluding tert-OH is 1. The van der Waals surface area contributed by atoms with Gasteiger partial charge in [-0.05, 0) is 31.0 Å². The van der Waals surface area contributed by atoms with Crippen molar-refractivity contribution >= 4 is 0 Å². The van der Waals surface area contributed by atoms with Crippen molar-refractivity contribution in [3.63, 3.8) is 0 Å². The van der Waals surface area contributed by atoms with Crippen LogP contribution >= 0.6 is 0 Å². The first-order chi connectivity index (χ1) is 11.1. The van der Waals surface area contributed by atoms with Crippen molar-refractivity contribution in [2.75, 3.05) is 20.3 Å². The normalized spacial score (nSPS) is 11.0. The molecule has 23 heavy (non-hydrogen) atoms. The fourth-order valence-corrected chi connectivity index (χ4v) is 2.57. The highest BCUT2D eigenvalue weighted by Gasteiger charge is 2.14. The van der Waals surface area contributed by atoms with Crippen LogP contribution in [0.5, 0.6) is 5.75 Å². The van der Waals surface area contributed by atoms with E-state index in [-0.39, 0.29) is 12.4 Å². The van der Waals surface area contributed by atoms with Gasteiger partial charge in [-0.3, -0.25) is 4.90 Å². The quantitative estimate of drug-likeness (QED) is 0.808. The maximum atomic E-state index is 14.2. The zero-order valence-electron chi connectivity index (χ0n) is 13.8. The summed E-state index contributed by atoms with van der Waals surface area (Å²) in [6.45, 7) is 4.03. The summed E-state index contributed by atoms with van der Waals surface area (Å²) in [6, 6.07) is 13.2. The number of aliphatic hydroxyl groups is 1. The van der Waals surface area contributed by atoms with E-state index in [0.29, 0.717) is 37.4 Å². The van der Waals surface area contributed by atoms with Gasteiger partial charge in [0.1, 0.15) is 11.6 Å². The molecule has 4 heteroatoms. The van der Waals surface area contributed by atoms with E-state index in [0.717, 1.165) is 0 Å². The fraction of sp³-hybridized carbons (Fsp3) is 0.368. The van der Waals surface area contributed by atoms with E-state index in [2.05, 4.69) is 36.1 Å². The number of ether oxygens (including phenoxy) is 1. The van der Waals surface area contributed by atoms with E-state index in [1.807, 2.05) is 0 Å². The van der Waals surface area contributed by atoms with Gasteiger partial charge in [0.2, 0.25) is 0 Å². The third-order valence-electron chi connectivity index (χ3n) is 3.84. The molecule has 0 aromatic heterocycles. The summed E-state index contributed by atoms with van der Waals surface area (Å²) in [4.78, 5) is 2.13. The van der Waals surface area contributed by atoms with Crippen LogP contribution in [0.3, 0.4) is 0 Å². The van der Waals surface area contributed by atoms with E-state index < -0.39 is 0 Å². The van der Waals surface area contributed by atoms with Crippen LogP contribution < -0.4 is 4.74 Å². The van der Waals surface area contributed by atoms with Crippen LogP contribution in [0.2, 0.25) is 0 Å². The SMILES string of the molecule is COc1cccc(F)c1CN(CCCO)Cc1ccc(C)cc1. The van der Waals surface area contributed by atoms with Crippen LogP contribution in [0.25, 0.3) is 0 Å². The number of hydrogen-bond acceptors (Lipinski definition) is 3. The van der Waals surface area contributed by atoms with Gasteiger partial charge in [-0.1, -0.05) is 35.9 Å². The first-order valence-electron chi connectivity index (χ1n) is 7.84. The lowest BCUT2D eigenvalue weighted by Gasteiger charge is -2.23. The standard InChI is InChI=1S/C19H24FNO2/c1-15-7-9-16(10-8-15)13-21(11-4-12-22)14-17-18(20)5-3-6-19(17)23-2/h3,5-10,22H,4,11-14H2,1-2H3. The lowest BCUT2D eigenvalue weighted by atomic mass is 10.1. The molecular weight excluding hydrogens is 293 g/mol. The van der Waals surface area contributed by atoms with E-state index in [4.69, 9.17) is 9.84 Å². The molecule has 2 aromatic rings. The van der Waals surface area contributed by atoms with E-state index in [9.17, 15) is 4.39 Å². The Morgan fingerprint density at radius 1 is 1.09 bits per heavy atom. The van der Waals surface area contributed by atoms with Crippen LogP contribution in [-0.4, -0.2) is 30.3 Å². The maximum absolute atomic E-state index is 14.2. The van der Waals surface area contributed by atoms with E-state index >= 15 is 0 Å². The van der Waals surface area contributed by atoms with Crippen molar-refractivity contribution in [3.05, 3.63) is 65.0 Å². The second-order valence-corrected chi connectivity index (χ2v) is 5.69. The van der Waals surface area contributed by atoms with Crippen LogP contribution in [0, 0.1) is 12.7 Å². The molecular formula is C19H24FNO2. The Morgan fingerprint density at radius 3 is 2.48 bits per heavy atom. The van der Waals surface area contributed by atoms with E-state index in [1.165, 1.54) is 17.2 Å². The number of benzene rings is 2. The van der Waals surface area contributed by atoms with E-state index in [1.54, 1.807) is 19.2 Å². The van der Waals surface area contributed by atoms with Gasteiger partial charge in [0.25, 0.3) is 0 Å². The lowest BCUT2D eigenvalue weighted by Crippen LogP contribution is -2.25. The van der Waals surface area contributed by atoms with Gasteiger partial charge in [0, 0.05) is 31.8 Å². The van der Waals surface area contributed by atoms with Crippen LogP contribution in [0.4, 0.5) is 4.39 Å². The number of hydrogen-bond donors (Lipinski definition) is 1. The number of methoxy groups -OCH3 is 1. The van der Waals surface area contributed by atoms with Crippen LogP contribution in [-0.2, 0) is 13.1 Å². The Morgan fingerprint density at radius 2 is 1.83 bits per heavy atom. The molecule has 0 radical (unpaired) electrons. The zero-order valence-corrected chi connectivity index (χ0v) is 13.8. The van der Waals surface area contributed by atoms with Gasteiger partial charge in [0.15, 0.2) is 0 Å². The molecule has 0 aliphatic carbocycles. The molecule has 0 heterocycles. The van der Waals surface area contributed by atoms with Gasteiger partial charge in [0.05, 0.1) is 7.11 Å². The molecule has 0 fully saturated rings. The molecule has 0 aliphatic heterocycles. The molecule has 0 atom stereocenters. The summed E-state index contributed by atoms with van der Waals surface area (Å²) in [5.74, 6) is 0.296. The molecule has 3 nitrogen and oxygen atoms in total. The number of rotatable bonds is 8. The van der Waals surface area contributed by atoms with Crippen LogP contribution in [0.1, 0.15) is 23.1 Å². The number of nitrogens with zero attached hydrogens (tertiary/aromatic N) is 1. The second kappa shape index (κ2) is 8.65. The van der Waals surface area contributed by atoms with Crippen LogP contribution in [0.15, 0.2) is 42.5 Å². The molecule has 2 aromatic carbocycles. The molecule has 0 unspecified atom stereocenters. The minimum atomic E-state index is -0.262. The topological polar surface area (TPSA) is 32.7 Å². The first-order valence-corrected chi connectivity index (χ1v) is 7.84. The Balaban J connectivity index is 2.16. The summed E-state index contributed by atoms with van der Waals surface area (Å²) >= 11 is 0. The fourth-order valence-electron chi connectivity index (χ4n) is 2.57. The molecule has 2 rings (SSSR count). The molecule has 0 spiro atoms. The van der Waals surface area contributed by atoms with Crippen molar-refractivity contribution in [1.82, 2.24) is 4.90 Å².